The van der Waals surface area contributed by atoms with Crippen molar-refractivity contribution in [3.8, 4) is 0 Å². The Morgan fingerprint density at radius 1 is 1.38 bits per heavy atom. The van der Waals surface area contributed by atoms with Gasteiger partial charge in [0.2, 0.25) is 0 Å². The summed E-state index contributed by atoms with van der Waals surface area (Å²) in [6, 6.07) is 3.83. The molecule has 1 N–H and O–H groups in total. The molecule has 2 nitrogen and oxygen atoms in total. The van der Waals surface area contributed by atoms with E-state index < -0.39 is 17.2 Å². The Morgan fingerprint density at radius 3 is 2.56 bits per heavy atom. The molecule has 2 rings (SSSR count). The van der Waals surface area contributed by atoms with Crippen molar-refractivity contribution in [1.82, 2.24) is 4.90 Å². The zero-order chi connectivity index (χ0) is 11.9. The van der Waals surface area contributed by atoms with Gasteiger partial charge in [-0.15, -0.1) is 0 Å². The van der Waals surface area contributed by atoms with Gasteiger partial charge in [-0.2, -0.15) is 0 Å². The lowest BCUT2D eigenvalue weighted by Crippen LogP contribution is -2.29. The molecule has 0 aliphatic carbocycles. The first-order valence-electron chi connectivity index (χ1n) is 5.30. The average molecular weight is 227 g/mol. The van der Waals surface area contributed by atoms with Crippen LogP contribution in [0.4, 0.5) is 8.78 Å². The predicted octanol–water partition coefficient (Wildman–Crippen LogP) is 1.88. The molecule has 1 aromatic rings. The first kappa shape index (κ1) is 11.5. The predicted molar refractivity (Wildman–Crippen MR) is 57.0 cm³/mol. The van der Waals surface area contributed by atoms with Crippen molar-refractivity contribution in [1.29, 1.82) is 0 Å². The van der Waals surface area contributed by atoms with Crippen LogP contribution in [0.15, 0.2) is 18.2 Å². The average Bonchev–Trinajstić information content (AvgIpc) is 2.46. The van der Waals surface area contributed by atoms with Crippen molar-refractivity contribution >= 4 is 0 Å². The monoisotopic (exact) mass is 227 g/mol. The second-order valence-electron chi connectivity index (χ2n) is 4.63. The maximum Gasteiger partial charge on any atom is 0.159 e. The van der Waals surface area contributed by atoms with Crippen LogP contribution in [-0.2, 0) is 5.60 Å². The molecule has 0 saturated carbocycles. The van der Waals surface area contributed by atoms with Crippen LogP contribution in [0.2, 0.25) is 0 Å². The van der Waals surface area contributed by atoms with Gasteiger partial charge in [-0.1, -0.05) is 6.07 Å². The summed E-state index contributed by atoms with van der Waals surface area (Å²) in [5, 5.41) is 10.4. The second-order valence-corrected chi connectivity index (χ2v) is 4.63. The van der Waals surface area contributed by atoms with Gasteiger partial charge < -0.3 is 10.0 Å². The molecule has 1 aliphatic heterocycles. The maximum absolute atomic E-state index is 13.1. The molecule has 1 heterocycles. The van der Waals surface area contributed by atoms with Gasteiger partial charge >= 0.3 is 0 Å². The summed E-state index contributed by atoms with van der Waals surface area (Å²) >= 11 is 0. The van der Waals surface area contributed by atoms with Crippen molar-refractivity contribution in [2.24, 2.45) is 0 Å². The number of hydrogen-bond acceptors (Lipinski definition) is 2. The normalized spacial score (nSPS) is 30.9. The fourth-order valence-corrected chi connectivity index (χ4v) is 2.27. The molecule has 4 heteroatoms. The van der Waals surface area contributed by atoms with Gasteiger partial charge in [0.05, 0.1) is 0 Å². The Kier molecular flexibility index (Phi) is 2.72. The molecular weight excluding hydrogens is 212 g/mol. The lowest BCUT2D eigenvalue weighted by molar-refractivity contribution is 0.0481. The second kappa shape index (κ2) is 3.79. The SMILES string of the molecule is CC1CC(O)(c2ccc(F)c(F)c2)CN1C. The third kappa shape index (κ3) is 1.83. The van der Waals surface area contributed by atoms with E-state index in [9.17, 15) is 13.9 Å². The lowest BCUT2D eigenvalue weighted by Gasteiger charge is -2.22. The highest BCUT2D eigenvalue weighted by Crippen LogP contribution is 2.35. The number of halogens is 2. The molecular formula is C12H15F2NO. The van der Waals surface area contributed by atoms with Crippen molar-refractivity contribution in [2.45, 2.75) is 25.0 Å². The van der Waals surface area contributed by atoms with E-state index in [1.165, 1.54) is 6.07 Å². The van der Waals surface area contributed by atoms with Crippen LogP contribution in [0.5, 0.6) is 0 Å². The quantitative estimate of drug-likeness (QED) is 0.791. The summed E-state index contributed by atoms with van der Waals surface area (Å²) in [6.45, 7) is 2.44. The van der Waals surface area contributed by atoms with E-state index in [1.54, 1.807) is 0 Å². The molecule has 1 fully saturated rings. The minimum atomic E-state index is -1.07. The molecule has 0 bridgehead atoms. The van der Waals surface area contributed by atoms with E-state index in [-0.39, 0.29) is 6.04 Å². The zero-order valence-corrected chi connectivity index (χ0v) is 9.37. The van der Waals surface area contributed by atoms with Gasteiger partial charge in [0.15, 0.2) is 11.6 Å². The molecule has 0 amide bonds. The number of rotatable bonds is 1. The molecule has 16 heavy (non-hydrogen) atoms. The third-order valence-corrected chi connectivity index (χ3v) is 3.35. The van der Waals surface area contributed by atoms with Gasteiger partial charge in [-0.3, -0.25) is 0 Å². The van der Waals surface area contributed by atoms with E-state index in [0.29, 0.717) is 18.5 Å². The maximum atomic E-state index is 13.1. The van der Waals surface area contributed by atoms with E-state index in [0.717, 1.165) is 12.1 Å². The smallest absolute Gasteiger partial charge is 0.159 e. The summed E-state index contributed by atoms with van der Waals surface area (Å²) in [7, 11) is 1.91. The third-order valence-electron chi connectivity index (χ3n) is 3.35. The molecule has 88 valence electrons. The minimum absolute atomic E-state index is 0.234. The molecule has 0 aromatic heterocycles. The molecule has 0 radical (unpaired) electrons. The minimum Gasteiger partial charge on any atom is -0.384 e. The molecule has 1 aliphatic rings. The van der Waals surface area contributed by atoms with E-state index in [2.05, 4.69) is 0 Å². The number of nitrogens with zero attached hydrogens (tertiary/aromatic N) is 1. The number of aliphatic hydroxyl groups is 1. The summed E-state index contributed by atoms with van der Waals surface area (Å²) < 4.78 is 25.9. The molecule has 0 spiro atoms. The Hall–Kier alpha value is -1.00. The van der Waals surface area contributed by atoms with Gasteiger partial charge in [-0.25, -0.2) is 8.78 Å². The number of hydrogen-bond donors (Lipinski definition) is 1. The summed E-state index contributed by atoms with van der Waals surface area (Å²) in [4.78, 5) is 2.00. The molecule has 2 unspecified atom stereocenters. The van der Waals surface area contributed by atoms with Crippen molar-refractivity contribution < 1.29 is 13.9 Å². The first-order chi connectivity index (χ1) is 7.42. The Morgan fingerprint density at radius 2 is 2.06 bits per heavy atom. The number of benzene rings is 1. The Labute approximate surface area is 93.5 Å². The highest BCUT2D eigenvalue weighted by Gasteiger charge is 2.40. The van der Waals surface area contributed by atoms with Gasteiger partial charge in [-0.05, 0) is 38.1 Å². The zero-order valence-electron chi connectivity index (χ0n) is 9.37. The fourth-order valence-electron chi connectivity index (χ4n) is 2.27. The highest BCUT2D eigenvalue weighted by atomic mass is 19.2. The van der Waals surface area contributed by atoms with Crippen LogP contribution in [0.3, 0.4) is 0 Å². The number of likely N-dealkylation sites (tertiary alicyclic amines) is 1. The Balaban J connectivity index is 2.34. The summed E-state index contributed by atoms with van der Waals surface area (Å²) in [5.41, 5.74) is -0.620. The van der Waals surface area contributed by atoms with Crippen LogP contribution >= 0.6 is 0 Å². The van der Waals surface area contributed by atoms with Crippen molar-refractivity contribution in [3.63, 3.8) is 0 Å². The van der Waals surface area contributed by atoms with Crippen LogP contribution in [0, 0.1) is 11.6 Å². The molecule has 2 atom stereocenters. The largest absolute Gasteiger partial charge is 0.384 e. The van der Waals surface area contributed by atoms with Crippen LogP contribution in [0.25, 0.3) is 0 Å². The Bertz CT molecular complexity index is 398. The van der Waals surface area contributed by atoms with E-state index in [4.69, 9.17) is 0 Å². The standard InChI is InChI=1S/C12H15F2NO/c1-8-6-12(16,7-15(8)2)9-3-4-10(13)11(14)5-9/h3-5,8,16H,6-7H2,1-2H3. The molecule has 1 aromatic carbocycles. The van der Waals surface area contributed by atoms with Gasteiger partial charge in [0.25, 0.3) is 0 Å². The number of likely N-dealkylation sites (N-methyl/N-ethyl adjacent to an activating group) is 1. The first-order valence-corrected chi connectivity index (χ1v) is 5.30. The van der Waals surface area contributed by atoms with E-state index >= 15 is 0 Å². The number of β-amino-alcohol motifs (C(OH)–C–C–N with tert-alkyl or cyclic N) is 1. The van der Waals surface area contributed by atoms with Crippen LogP contribution in [0.1, 0.15) is 18.9 Å². The van der Waals surface area contributed by atoms with E-state index in [1.807, 2.05) is 18.9 Å². The highest BCUT2D eigenvalue weighted by molar-refractivity contribution is 5.26. The van der Waals surface area contributed by atoms with Crippen molar-refractivity contribution in [2.75, 3.05) is 13.6 Å². The lowest BCUT2D eigenvalue weighted by atomic mass is 9.91. The molecule has 1 saturated heterocycles. The van der Waals surface area contributed by atoms with Crippen LogP contribution < -0.4 is 0 Å². The summed E-state index contributed by atoms with van der Waals surface area (Å²) in [6.07, 6.45) is 0.536. The van der Waals surface area contributed by atoms with Crippen molar-refractivity contribution in [3.05, 3.63) is 35.4 Å². The van der Waals surface area contributed by atoms with Crippen LogP contribution in [-0.4, -0.2) is 29.6 Å². The van der Waals surface area contributed by atoms with Gasteiger partial charge in [0.1, 0.15) is 5.60 Å². The summed E-state index contributed by atoms with van der Waals surface area (Å²) in [5.74, 6) is -1.79. The topological polar surface area (TPSA) is 23.5 Å². The fraction of sp³-hybridized carbons (Fsp3) is 0.500. The van der Waals surface area contributed by atoms with Gasteiger partial charge in [0, 0.05) is 12.6 Å².